The number of nitrogens with zero attached hydrogens (tertiary/aromatic N) is 3. The van der Waals surface area contributed by atoms with Gasteiger partial charge in [-0.15, -0.1) is 0 Å². The molecule has 0 aliphatic carbocycles. The Morgan fingerprint density at radius 3 is 2.48 bits per heavy atom. The molecule has 0 radical (unpaired) electrons. The van der Waals surface area contributed by atoms with Crippen LogP contribution in [0.1, 0.15) is 11.1 Å². The van der Waals surface area contributed by atoms with E-state index in [0.29, 0.717) is 23.5 Å². The van der Waals surface area contributed by atoms with Gasteiger partial charge in [0.1, 0.15) is 12.1 Å². The normalized spacial score (nSPS) is 10.9. The zero-order chi connectivity index (χ0) is 18.8. The maximum Gasteiger partial charge on any atom is 0.318 e. The monoisotopic (exact) mass is 360 g/mol. The highest BCUT2D eigenvalue weighted by Crippen LogP contribution is 2.26. The van der Waals surface area contributed by atoms with E-state index in [4.69, 9.17) is 4.84 Å². The fourth-order valence-electron chi connectivity index (χ4n) is 2.88. The third-order valence-electron chi connectivity index (χ3n) is 4.33. The van der Waals surface area contributed by atoms with Crippen molar-refractivity contribution in [3.05, 3.63) is 88.8 Å². The van der Waals surface area contributed by atoms with Crippen LogP contribution in [0.2, 0.25) is 0 Å². The second-order valence-electron chi connectivity index (χ2n) is 6.30. The van der Waals surface area contributed by atoms with Gasteiger partial charge in [0, 0.05) is 17.7 Å². The predicted octanol–water partition coefficient (Wildman–Crippen LogP) is 4.44. The third-order valence-corrected chi connectivity index (χ3v) is 4.33. The summed E-state index contributed by atoms with van der Waals surface area (Å²) in [5, 5.41) is 9.24. The van der Waals surface area contributed by atoms with Gasteiger partial charge in [0.15, 0.2) is 5.82 Å². The lowest BCUT2D eigenvalue weighted by molar-refractivity contribution is -0.729. The molecule has 0 spiro atoms. The highest BCUT2D eigenvalue weighted by molar-refractivity contribution is 5.82. The van der Waals surface area contributed by atoms with Crippen LogP contribution in [-0.4, -0.2) is 19.8 Å². The summed E-state index contributed by atoms with van der Waals surface area (Å²) >= 11 is 0. The van der Waals surface area contributed by atoms with E-state index in [9.17, 15) is 10.1 Å². The van der Waals surface area contributed by atoms with E-state index in [2.05, 4.69) is 4.98 Å². The van der Waals surface area contributed by atoms with Crippen LogP contribution in [0.15, 0.2) is 72.8 Å². The topological polar surface area (TPSA) is 67.4 Å². The molecule has 1 N–H and O–H groups in total. The Morgan fingerprint density at radius 2 is 1.78 bits per heavy atom. The van der Waals surface area contributed by atoms with E-state index in [1.807, 2.05) is 61.5 Å². The molecular formula is C21H18N3O3+. The molecule has 0 amide bonds. The second-order valence-corrected chi connectivity index (χ2v) is 6.30. The van der Waals surface area contributed by atoms with Crippen molar-refractivity contribution < 1.29 is 15.0 Å². The SMILES string of the molecule is Cc1ccc(COn2c(-c3ccccc3)nc3ccc([N+](=O)O)cc32)cc1. The van der Waals surface area contributed by atoms with E-state index in [1.165, 1.54) is 11.6 Å². The van der Waals surface area contributed by atoms with E-state index < -0.39 is 0 Å². The van der Waals surface area contributed by atoms with Crippen LogP contribution < -0.4 is 4.84 Å². The first-order chi connectivity index (χ1) is 13.1. The van der Waals surface area contributed by atoms with Gasteiger partial charge in [-0.05, 0) is 18.6 Å². The molecular weight excluding hydrogens is 342 g/mol. The van der Waals surface area contributed by atoms with E-state index in [1.54, 1.807) is 16.9 Å². The lowest BCUT2D eigenvalue weighted by atomic mass is 10.2. The number of fused-ring (bicyclic) bond motifs is 1. The van der Waals surface area contributed by atoms with E-state index in [-0.39, 0.29) is 10.6 Å². The molecule has 0 unspecified atom stereocenters. The average molecular weight is 360 g/mol. The molecule has 0 saturated carbocycles. The summed E-state index contributed by atoms with van der Waals surface area (Å²) in [4.78, 5) is 21.8. The fraction of sp³-hybridized carbons (Fsp3) is 0.0952. The van der Waals surface area contributed by atoms with Crippen LogP contribution in [-0.2, 0) is 6.61 Å². The van der Waals surface area contributed by atoms with Gasteiger partial charge in [-0.25, -0.2) is 10.2 Å². The molecule has 134 valence electrons. The van der Waals surface area contributed by atoms with Crippen molar-refractivity contribution in [2.45, 2.75) is 13.5 Å². The molecule has 1 heterocycles. The van der Waals surface area contributed by atoms with Crippen LogP contribution in [0.3, 0.4) is 0 Å². The number of benzene rings is 3. The van der Waals surface area contributed by atoms with Gasteiger partial charge in [-0.2, -0.15) is 4.73 Å². The highest BCUT2D eigenvalue weighted by atomic mass is 16.7. The summed E-state index contributed by atoms with van der Waals surface area (Å²) in [6.45, 7) is 2.38. The molecule has 4 aromatic rings. The summed E-state index contributed by atoms with van der Waals surface area (Å²) in [5.74, 6) is 0.630. The molecule has 1 aromatic heterocycles. The summed E-state index contributed by atoms with van der Waals surface area (Å²) in [7, 11) is 0. The van der Waals surface area contributed by atoms with Gasteiger partial charge in [0.2, 0.25) is 0 Å². The van der Waals surface area contributed by atoms with E-state index in [0.717, 1.165) is 11.1 Å². The number of imidazole rings is 1. The van der Waals surface area contributed by atoms with Crippen LogP contribution in [0.5, 0.6) is 0 Å². The molecule has 0 fully saturated rings. The maximum absolute atomic E-state index is 11.3. The lowest BCUT2D eigenvalue weighted by Crippen LogP contribution is -2.12. The minimum absolute atomic E-state index is 0.113. The van der Waals surface area contributed by atoms with Crippen molar-refractivity contribution in [2.24, 2.45) is 0 Å². The van der Waals surface area contributed by atoms with Crippen molar-refractivity contribution in [2.75, 3.05) is 0 Å². The number of hydrogen-bond acceptors (Lipinski definition) is 3. The zero-order valence-electron chi connectivity index (χ0n) is 14.7. The summed E-state index contributed by atoms with van der Waals surface area (Å²) in [5.41, 5.74) is 4.48. The first-order valence-electron chi connectivity index (χ1n) is 8.55. The van der Waals surface area contributed by atoms with Gasteiger partial charge in [0.05, 0.1) is 10.4 Å². The number of hydrogen-bond donors (Lipinski definition) is 1. The van der Waals surface area contributed by atoms with Crippen molar-refractivity contribution in [1.29, 1.82) is 0 Å². The Hall–Kier alpha value is -3.67. The molecule has 27 heavy (non-hydrogen) atoms. The molecule has 4 rings (SSSR count). The smallest absolute Gasteiger partial charge is 0.318 e. The Balaban J connectivity index is 1.79. The van der Waals surface area contributed by atoms with Gasteiger partial charge in [0.25, 0.3) is 4.92 Å². The van der Waals surface area contributed by atoms with Gasteiger partial charge in [-0.1, -0.05) is 60.2 Å². The largest absolute Gasteiger partial charge is 0.407 e. The number of aryl methyl sites for hydroxylation is 1. The first kappa shape index (κ1) is 16.8. The third kappa shape index (κ3) is 3.37. The molecule has 6 nitrogen and oxygen atoms in total. The van der Waals surface area contributed by atoms with Crippen molar-refractivity contribution >= 4 is 16.7 Å². The van der Waals surface area contributed by atoms with Gasteiger partial charge >= 0.3 is 5.69 Å². The maximum atomic E-state index is 11.3. The Morgan fingerprint density at radius 1 is 1.04 bits per heavy atom. The van der Waals surface area contributed by atoms with Crippen LogP contribution in [0.25, 0.3) is 22.4 Å². The van der Waals surface area contributed by atoms with Crippen LogP contribution in [0, 0.1) is 11.8 Å². The lowest BCUT2D eigenvalue weighted by Gasteiger charge is -2.11. The number of aromatic nitrogens is 2. The molecule has 0 bridgehead atoms. The van der Waals surface area contributed by atoms with Crippen LogP contribution in [0.4, 0.5) is 5.69 Å². The predicted molar refractivity (Wildman–Crippen MR) is 102 cm³/mol. The van der Waals surface area contributed by atoms with E-state index >= 15 is 0 Å². The minimum atomic E-state index is -0.168. The quantitative estimate of drug-likeness (QED) is 0.534. The molecule has 0 atom stereocenters. The number of rotatable bonds is 5. The fourth-order valence-corrected chi connectivity index (χ4v) is 2.88. The molecule has 3 aromatic carbocycles. The second kappa shape index (κ2) is 6.92. The summed E-state index contributed by atoms with van der Waals surface area (Å²) in [6.07, 6.45) is 0. The van der Waals surface area contributed by atoms with Crippen LogP contribution >= 0.6 is 0 Å². The molecule has 0 aliphatic rings. The molecule has 0 aliphatic heterocycles. The zero-order valence-corrected chi connectivity index (χ0v) is 14.7. The van der Waals surface area contributed by atoms with Crippen molar-refractivity contribution in [3.8, 4) is 11.4 Å². The molecule has 0 saturated heterocycles. The Labute approximate surface area is 155 Å². The summed E-state index contributed by atoms with van der Waals surface area (Å²) in [6, 6.07) is 22.5. The van der Waals surface area contributed by atoms with Crippen molar-refractivity contribution in [1.82, 2.24) is 9.71 Å². The molecule has 6 heteroatoms. The standard InChI is InChI=1S/C21H18N3O3/c1-15-7-9-16(10-8-15)14-27-23-20-13-18(24(25)26)11-12-19(20)22-21(23)17-5-3-2-4-6-17/h2-13H,14H2,1H3,(H,25,26)/q+1. The highest BCUT2D eigenvalue weighted by Gasteiger charge is 2.19. The minimum Gasteiger partial charge on any atom is -0.407 e. The van der Waals surface area contributed by atoms with Crippen molar-refractivity contribution in [3.63, 3.8) is 0 Å². The van der Waals surface area contributed by atoms with Gasteiger partial charge < -0.3 is 4.84 Å². The van der Waals surface area contributed by atoms with Gasteiger partial charge in [-0.3, -0.25) is 0 Å². The first-order valence-corrected chi connectivity index (χ1v) is 8.55. The Kier molecular flexibility index (Phi) is 4.30. The average Bonchev–Trinajstić information content (AvgIpc) is 3.06. The Bertz CT molecular complexity index is 1100. The summed E-state index contributed by atoms with van der Waals surface area (Å²) < 4.78 is 1.61.